The minimum absolute atomic E-state index is 0.245. The van der Waals surface area contributed by atoms with Crippen molar-refractivity contribution in [3.05, 3.63) is 41.5 Å². The Morgan fingerprint density at radius 1 is 1.19 bits per heavy atom. The van der Waals surface area contributed by atoms with E-state index < -0.39 is 0 Å². The maximum Gasteiger partial charge on any atom is 0.231 e. The van der Waals surface area contributed by atoms with E-state index in [0.29, 0.717) is 12.3 Å². The second-order valence-electron chi connectivity index (χ2n) is 5.70. The number of nitrogens with zero attached hydrogens (tertiary/aromatic N) is 4. The van der Waals surface area contributed by atoms with Crippen molar-refractivity contribution in [2.24, 2.45) is 0 Å². The van der Waals surface area contributed by atoms with Crippen molar-refractivity contribution in [3.63, 3.8) is 0 Å². The highest BCUT2D eigenvalue weighted by molar-refractivity contribution is 5.33. The summed E-state index contributed by atoms with van der Waals surface area (Å²) in [7, 11) is 0. The van der Waals surface area contributed by atoms with Crippen LogP contribution in [0.15, 0.2) is 28.8 Å². The molecule has 110 valence electrons. The van der Waals surface area contributed by atoms with Crippen molar-refractivity contribution < 1.29 is 9.63 Å². The van der Waals surface area contributed by atoms with Gasteiger partial charge < -0.3 is 9.63 Å². The zero-order valence-electron chi connectivity index (χ0n) is 11.8. The second-order valence-corrected chi connectivity index (χ2v) is 5.70. The normalized spacial score (nSPS) is 27.9. The summed E-state index contributed by atoms with van der Waals surface area (Å²) in [6, 6.07) is 7.49. The van der Waals surface area contributed by atoms with Gasteiger partial charge in [-0.3, -0.25) is 9.80 Å². The fraction of sp³-hybridized carbons (Fsp3) is 0.467. The van der Waals surface area contributed by atoms with Gasteiger partial charge in [-0.1, -0.05) is 23.4 Å². The predicted octanol–water partition coefficient (Wildman–Crippen LogP) is 1.04. The Morgan fingerprint density at radius 3 is 2.71 bits per heavy atom. The topological polar surface area (TPSA) is 65.6 Å². The number of hydrogen-bond acceptors (Lipinski definition) is 6. The van der Waals surface area contributed by atoms with Crippen LogP contribution in [0.25, 0.3) is 0 Å². The highest BCUT2D eigenvalue weighted by Gasteiger charge is 2.35. The zero-order valence-corrected chi connectivity index (χ0v) is 11.8. The first-order chi connectivity index (χ1) is 10.3. The van der Waals surface area contributed by atoms with Gasteiger partial charge in [0.25, 0.3) is 0 Å². The van der Waals surface area contributed by atoms with Crippen LogP contribution >= 0.6 is 0 Å². The number of aromatic hydroxyl groups is 1. The number of fused-ring (bicyclic) bond motifs is 3. The first kappa shape index (κ1) is 12.8. The minimum atomic E-state index is 0.245. The molecule has 2 aromatic rings. The van der Waals surface area contributed by atoms with Crippen molar-refractivity contribution in [2.45, 2.75) is 12.5 Å². The molecule has 3 aliphatic rings. The number of rotatable bonds is 3. The number of piperazine rings is 3. The fourth-order valence-corrected chi connectivity index (χ4v) is 3.16. The lowest BCUT2D eigenvalue weighted by Crippen LogP contribution is -2.57. The number of para-hydroxylation sites is 1. The smallest absolute Gasteiger partial charge is 0.231 e. The number of phenols is 1. The van der Waals surface area contributed by atoms with Crippen LogP contribution in [-0.2, 0) is 6.42 Å². The van der Waals surface area contributed by atoms with E-state index in [-0.39, 0.29) is 11.8 Å². The van der Waals surface area contributed by atoms with Crippen LogP contribution in [0.5, 0.6) is 5.75 Å². The summed E-state index contributed by atoms with van der Waals surface area (Å²) < 4.78 is 5.37. The molecule has 21 heavy (non-hydrogen) atoms. The minimum Gasteiger partial charge on any atom is -0.508 e. The first-order valence-corrected chi connectivity index (χ1v) is 7.35. The molecule has 0 saturated carbocycles. The highest BCUT2D eigenvalue weighted by Crippen LogP contribution is 2.27. The van der Waals surface area contributed by atoms with Crippen LogP contribution in [0.1, 0.15) is 23.3 Å². The average Bonchev–Trinajstić information content (AvgIpc) is 2.99. The number of benzene rings is 1. The molecule has 3 fully saturated rings. The van der Waals surface area contributed by atoms with Crippen LogP contribution in [-0.4, -0.2) is 57.8 Å². The van der Waals surface area contributed by atoms with Crippen molar-refractivity contribution in [2.75, 3.05) is 32.7 Å². The van der Waals surface area contributed by atoms with Gasteiger partial charge in [0, 0.05) is 38.3 Å². The van der Waals surface area contributed by atoms with E-state index in [2.05, 4.69) is 19.9 Å². The monoisotopic (exact) mass is 286 g/mol. The Hall–Kier alpha value is -1.92. The Labute approximate surface area is 123 Å². The zero-order chi connectivity index (χ0) is 14.2. The van der Waals surface area contributed by atoms with Crippen molar-refractivity contribution in [1.29, 1.82) is 0 Å². The largest absolute Gasteiger partial charge is 0.508 e. The van der Waals surface area contributed by atoms with Gasteiger partial charge in [-0.2, -0.15) is 4.98 Å². The summed E-state index contributed by atoms with van der Waals surface area (Å²) in [6.45, 7) is 5.41. The molecule has 1 aromatic heterocycles. The van der Waals surface area contributed by atoms with Gasteiger partial charge in [0.2, 0.25) is 5.89 Å². The van der Waals surface area contributed by atoms with Crippen molar-refractivity contribution >= 4 is 0 Å². The van der Waals surface area contributed by atoms with Gasteiger partial charge in [0.05, 0.1) is 12.5 Å². The Kier molecular flexibility index (Phi) is 3.12. The van der Waals surface area contributed by atoms with Gasteiger partial charge >= 0.3 is 0 Å². The van der Waals surface area contributed by atoms with Gasteiger partial charge in [0.15, 0.2) is 5.82 Å². The van der Waals surface area contributed by atoms with E-state index in [0.717, 1.165) is 44.1 Å². The average molecular weight is 286 g/mol. The molecule has 0 radical (unpaired) electrons. The first-order valence-electron chi connectivity index (χ1n) is 7.35. The van der Waals surface area contributed by atoms with E-state index in [1.807, 2.05) is 12.1 Å². The van der Waals surface area contributed by atoms with Gasteiger partial charge in [-0.15, -0.1) is 0 Å². The molecule has 2 bridgehead atoms. The van der Waals surface area contributed by atoms with Gasteiger partial charge in [-0.25, -0.2) is 0 Å². The molecular weight excluding hydrogens is 268 g/mol. The van der Waals surface area contributed by atoms with Crippen molar-refractivity contribution in [1.82, 2.24) is 19.9 Å². The SMILES string of the molecule is Oc1ccccc1Cc1nc(C2CN3CCN2CC3)no1. The summed E-state index contributed by atoms with van der Waals surface area (Å²) >= 11 is 0. The van der Waals surface area contributed by atoms with Gasteiger partial charge in [0.1, 0.15) is 5.75 Å². The molecule has 0 aliphatic carbocycles. The molecular formula is C15H18N4O2. The summed E-state index contributed by atoms with van der Waals surface area (Å²) in [5, 5.41) is 14.0. The molecule has 0 spiro atoms. The third kappa shape index (κ3) is 2.41. The molecule has 4 heterocycles. The molecule has 1 atom stereocenters. The molecule has 6 nitrogen and oxygen atoms in total. The maximum atomic E-state index is 9.81. The summed E-state index contributed by atoms with van der Waals surface area (Å²) in [6.07, 6.45) is 0.468. The maximum absolute atomic E-state index is 9.81. The lowest BCUT2D eigenvalue weighted by Gasteiger charge is -2.46. The van der Waals surface area contributed by atoms with Crippen LogP contribution in [0.2, 0.25) is 0 Å². The van der Waals surface area contributed by atoms with Crippen LogP contribution < -0.4 is 0 Å². The molecule has 6 heteroatoms. The Bertz CT molecular complexity index is 634. The van der Waals surface area contributed by atoms with E-state index in [1.165, 1.54) is 0 Å². The number of hydrogen-bond donors (Lipinski definition) is 1. The van der Waals surface area contributed by atoms with E-state index in [4.69, 9.17) is 4.52 Å². The number of aromatic nitrogens is 2. The fourth-order valence-electron chi connectivity index (χ4n) is 3.16. The molecule has 5 rings (SSSR count). The highest BCUT2D eigenvalue weighted by atomic mass is 16.5. The molecule has 1 unspecified atom stereocenters. The molecule has 1 N–H and O–H groups in total. The summed E-state index contributed by atoms with van der Waals surface area (Å²) in [5.74, 6) is 1.60. The molecule has 1 aromatic carbocycles. The van der Waals surface area contributed by atoms with Crippen molar-refractivity contribution in [3.8, 4) is 5.75 Å². The van der Waals surface area contributed by atoms with E-state index in [9.17, 15) is 5.11 Å². The lowest BCUT2D eigenvalue weighted by atomic mass is 10.1. The third-order valence-corrected chi connectivity index (χ3v) is 4.39. The van der Waals surface area contributed by atoms with Crippen LogP contribution in [0, 0.1) is 0 Å². The quantitative estimate of drug-likeness (QED) is 0.909. The van der Waals surface area contributed by atoms with Crippen LogP contribution in [0.4, 0.5) is 0 Å². The Balaban J connectivity index is 1.52. The lowest BCUT2D eigenvalue weighted by molar-refractivity contribution is 0.00781. The predicted molar refractivity (Wildman–Crippen MR) is 76.0 cm³/mol. The van der Waals surface area contributed by atoms with E-state index >= 15 is 0 Å². The summed E-state index contributed by atoms with van der Waals surface area (Å²) in [5.41, 5.74) is 0.807. The second kappa shape index (κ2) is 5.13. The summed E-state index contributed by atoms with van der Waals surface area (Å²) in [4.78, 5) is 9.41. The molecule has 3 aliphatic heterocycles. The molecule has 3 saturated heterocycles. The van der Waals surface area contributed by atoms with Gasteiger partial charge in [-0.05, 0) is 6.07 Å². The van der Waals surface area contributed by atoms with E-state index in [1.54, 1.807) is 12.1 Å². The third-order valence-electron chi connectivity index (χ3n) is 4.39. The number of phenolic OH excluding ortho intramolecular Hbond substituents is 1. The van der Waals surface area contributed by atoms with Crippen LogP contribution in [0.3, 0.4) is 0 Å². The standard InChI is InChI=1S/C15H18N4O2/c20-13-4-2-1-3-11(13)9-14-16-15(17-21-14)12-10-18-5-7-19(12)8-6-18/h1-4,12,20H,5-10H2. The Morgan fingerprint density at radius 2 is 2.00 bits per heavy atom. The molecule has 0 amide bonds.